The Hall–Kier alpha value is -1.45. The van der Waals surface area contributed by atoms with E-state index >= 15 is 0 Å². The van der Waals surface area contributed by atoms with Crippen LogP contribution in [0.25, 0.3) is 0 Å². The van der Waals surface area contributed by atoms with Crippen molar-refractivity contribution in [3.05, 3.63) is 57.7 Å². The van der Waals surface area contributed by atoms with Crippen LogP contribution in [0, 0.1) is 3.57 Å². The van der Waals surface area contributed by atoms with Crippen molar-refractivity contribution < 1.29 is 13.2 Å². The van der Waals surface area contributed by atoms with Crippen molar-refractivity contribution in [2.75, 3.05) is 19.4 Å². The van der Waals surface area contributed by atoms with Crippen molar-refractivity contribution in [1.29, 1.82) is 0 Å². The van der Waals surface area contributed by atoms with Gasteiger partial charge in [-0.15, -0.1) is 0 Å². The summed E-state index contributed by atoms with van der Waals surface area (Å²) in [6.07, 6.45) is 0. The van der Waals surface area contributed by atoms with Crippen LogP contribution < -0.4 is 5.32 Å². The van der Waals surface area contributed by atoms with E-state index in [4.69, 9.17) is 0 Å². The summed E-state index contributed by atoms with van der Waals surface area (Å²) in [4.78, 5) is 12.3. The number of rotatable bonds is 4. The molecule has 0 aliphatic heterocycles. The molecule has 5 nitrogen and oxygen atoms in total. The maximum atomic E-state index is 12.3. The molecule has 1 N–H and O–H groups in total. The van der Waals surface area contributed by atoms with Gasteiger partial charge in [0, 0.05) is 28.9 Å². The standard InChI is InChI=1S/C15H15IN2O3S/c1-18(2)22(20,21)14-8-3-5-11(9-14)15(19)17-13-7-4-6-12(16)10-13/h3-10H,1-2H3,(H,17,19). The number of amides is 1. The van der Waals surface area contributed by atoms with Crippen LogP contribution in [0.15, 0.2) is 53.4 Å². The Morgan fingerprint density at radius 2 is 1.77 bits per heavy atom. The Bertz CT molecular complexity index is 804. The van der Waals surface area contributed by atoms with Crippen molar-refractivity contribution in [3.8, 4) is 0 Å². The maximum Gasteiger partial charge on any atom is 0.255 e. The summed E-state index contributed by atoms with van der Waals surface area (Å²) in [6.45, 7) is 0. The molecule has 0 atom stereocenters. The van der Waals surface area contributed by atoms with Gasteiger partial charge in [0.05, 0.1) is 4.90 Å². The van der Waals surface area contributed by atoms with Gasteiger partial charge in [0.25, 0.3) is 5.91 Å². The zero-order valence-corrected chi connectivity index (χ0v) is 15.1. The molecule has 1 amide bonds. The summed E-state index contributed by atoms with van der Waals surface area (Å²) >= 11 is 2.15. The molecule has 2 rings (SSSR count). The topological polar surface area (TPSA) is 66.5 Å². The molecule has 2 aromatic carbocycles. The number of halogens is 1. The maximum absolute atomic E-state index is 12.3. The highest BCUT2D eigenvalue weighted by Crippen LogP contribution is 2.17. The number of nitrogens with one attached hydrogen (secondary N) is 1. The zero-order chi connectivity index (χ0) is 16.3. The number of carbonyl (C=O) groups is 1. The molecule has 0 bridgehead atoms. The van der Waals surface area contributed by atoms with Gasteiger partial charge in [0.2, 0.25) is 10.0 Å². The molecule has 0 aliphatic rings. The van der Waals surface area contributed by atoms with Gasteiger partial charge in [0.15, 0.2) is 0 Å². The monoisotopic (exact) mass is 430 g/mol. The molecule has 0 saturated heterocycles. The average molecular weight is 430 g/mol. The first-order valence-corrected chi connectivity index (χ1v) is 8.92. The Morgan fingerprint density at radius 1 is 1.09 bits per heavy atom. The van der Waals surface area contributed by atoms with E-state index in [1.807, 2.05) is 18.2 Å². The normalized spacial score (nSPS) is 11.5. The molecule has 116 valence electrons. The molecule has 22 heavy (non-hydrogen) atoms. The highest BCUT2D eigenvalue weighted by atomic mass is 127. The average Bonchev–Trinajstić information content (AvgIpc) is 2.47. The Labute approximate surface area is 143 Å². The first-order chi connectivity index (χ1) is 10.3. The summed E-state index contributed by atoms with van der Waals surface area (Å²) in [5, 5.41) is 2.75. The highest BCUT2D eigenvalue weighted by molar-refractivity contribution is 14.1. The number of hydrogen-bond donors (Lipinski definition) is 1. The fourth-order valence-corrected chi connectivity index (χ4v) is 3.27. The molecule has 0 unspecified atom stereocenters. The van der Waals surface area contributed by atoms with E-state index < -0.39 is 10.0 Å². The van der Waals surface area contributed by atoms with Crippen LogP contribution in [0.5, 0.6) is 0 Å². The molecular formula is C15H15IN2O3S. The predicted molar refractivity (Wildman–Crippen MR) is 94.4 cm³/mol. The van der Waals surface area contributed by atoms with Crippen molar-refractivity contribution >= 4 is 44.2 Å². The second-order valence-corrected chi connectivity index (χ2v) is 8.18. The third-order valence-electron chi connectivity index (χ3n) is 2.96. The molecule has 2 aromatic rings. The molecule has 0 saturated carbocycles. The molecular weight excluding hydrogens is 415 g/mol. The summed E-state index contributed by atoms with van der Waals surface area (Å²) in [5.74, 6) is -0.349. The van der Waals surface area contributed by atoms with E-state index in [0.29, 0.717) is 11.3 Å². The molecule has 0 radical (unpaired) electrons. The van der Waals surface area contributed by atoms with Crippen molar-refractivity contribution in [1.82, 2.24) is 4.31 Å². The van der Waals surface area contributed by atoms with Gasteiger partial charge >= 0.3 is 0 Å². The lowest BCUT2D eigenvalue weighted by atomic mass is 10.2. The summed E-state index contributed by atoms with van der Waals surface area (Å²) in [5.41, 5.74) is 0.958. The Morgan fingerprint density at radius 3 is 2.41 bits per heavy atom. The number of anilines is 1. The fourth-order valence-electron chi connectivity index (χ4n) is 1.78. The van der Waals surface area contributed by atoms with E-state index in [0.717, 1.165) is 7.88 Å². The van der Waals surface area contributed by atoms with Crippen molar-refractivity contribution in [3.63, 3.8) is 0 Å². The molecule has 7 heteroatoms. The third kappa shape index (κ3) is 3.84. The van der Waals surface area contributed by atoms with Gasteiger partial charge in [-0.25, -0.2) is 12.7 Å². The lowest BCUT2D eigenvalue weighted by Gasteiger charge is -2.12. The van der Waals surface area contributed by atoms with E-state index in [2.05, 4.69) is 27.9 Å². The second-order valence-electron chi connectivity index (χ2n) is 4.78. The highest BCUT2D eigenvalue weighted by Gasteiger charge is 2.18. The fraction of sp³-hybridized carbons (Fsp3) is 0.133. The van der Waals surface area contributed by atoms with Crippen LogP contribution in [0.2, 0.25) is 0 Å². The number of hydrogen-bond acceptors (Lipinski definition) is 3. The minimum absolute atomic E-state index is 0.0905. The number of benzene rings is 2. The lowest BCUT2D eigenvalue weighted by molar-refractivity contribution is 0.102. The quantitative estimate of drug-likeness (QED) is 0.759. The molecule has 0 aromatic heterocycles. The first kappa shape index (κ1) is 16.9. The molecule has 0 heterocycles. The van der Waals surface area contributed by atoms with E-state index in [1.165, 1.54) is 26.2 Å². The smallest absolute Gasteiger partial charge is 0.255 e. The minimum Gasteiger partial charge on any atom is -0.322 e. The van der Waals surface area contributed by atoms with Gasteiger partial charge in [-0.05, 0) is 59.0 Å². The van der Waals surface area contributed by atoms with Gasteiger partial charge in [0.1, 0.15) is 0 Å². The van der Waals surface area contributed by atoms with Crippen LogP contribution >= 0.6 is 22.6 Å². The van der Waals surface area contributed by atoms with Crippen LogP contribution in [0.1, 0.15) is 10.4 Å². The third-order valence-corrected chi connectivity index (χ3v) is 5.44. The van der Waals surface area contributed by atoms with E-state index in [-0.39, 0.29) is 10.8 Å². The van der Waals surface area contributed by atoms with Crippen LogP contribution in [-0.2, 0) is 10.0 Å². The zero-order valence-electron chi connectivity index (χ0n) is 12.1. The number of sulfonamides is 1. The SMILES string of the molecule is CN(C)S(=O)(=O)c1cccc(C(=O)Nc2cccc(I)c2)c1. The Balaban J connectivity index is 2.28. The second kappa shape index (κ2) is 6.76. The van der Waals surface area contributed by atoms with Gasteiger partial charge in [-0.3, -0.25) is 4.79 Å². The van der Waals surface area contributed by atoms with Crippen molar-refractivity contribution in [2.24, 2.45) is 0 Å². The van der Waals surface area contributed by atoms with Gasteiger partial charge in [-0.1, -0.05) is 12.1 Å². The van der Waals surface area contributed by atoms with Crippen LogP contribution in [0.3, 0.4) is 0 Å². The van der Waals surface area contributed by atoms with Gasteiger partial charge < -0.3 is 5.32 Å². The summed E-state index contributed by atoms with van der Waals surface area (Å²) in [6, 6.07) is 13.3. The Kier molecular flexibility index (Phi) is 5.20. The van der Waals surface area contributed by atoms with Crippen LogP contribution in [0.4, 0.5) is 5.69 Å². The molecule has 0 spiro atoms. The molecule has 0 aliphatic carbocycles. The van der Waals surface area contributed by atoms with E-state index in [9.17, 15) is 13.2 Å². The van der Waals surface area contributed by atoms with Crippen LogP contribution in [-0.4, -0.2) is 32.7 Å². The van der Waals surface area contributed by atoms with E-state index in [1.54, 1.807) is 18.2 Å². The number of carbonyl (C=O) groups excluding carboxylic acids is 1. The largest absolute Gasteiger partial charge is 0.322 e. The van der Waals surface area contributed by atoms with Gasteiger partial charge in [-0.2, -0.15) is 0 Å². The first-order valence-electron chi connectivity index (χ1n) is 6.40. The summed E-state index contributed by atoms with van der Waals surface area (Å²) < 4.78 is 26.3. The lowest BCUT2D eigenvalue weighted by Crippen LogP contribution is -2.22. The minimum atomic E-state index is -3.56. The number of nitrogens with zero attached hydrogens (tertiary/aromatic N) is 1. The summed E-state index contributed by atoms with van der Waals surface area (Å²) in [7, 11) is -0.656. The predicted octanol–water partition coefficient (Wildman–Crippen LogP) is 2.79. The van der Waals surface area contributed by atoms with Crippen molar-refractivity contribution in [2.45, 2.75) is 4.90 Å². The molecule has 0 fully saturated rings.